The molecular weight excluding hydrogens is 344 g/mol. The first-order chi connectivity index (χ1) is 13.0. The average Bonchev–Trinajstić information content (AvgIpc) is 3.32. The Bertz CT molecular complexity index is 900. The van der Waals surface area contributed by atoms with Crippen molar-refractivity contribution in [2.75, 3.05) is 11.9 Å². The highest BCUT2D eigenvalue weighted by atomic mass is 16.2. The van der Waals surface area contributed by atoms with Gasteiger partial charge in [0.2, 0.25) is 5.91 Å². The number of imidazole rings is 1. The predicted octanol–water partition coefficient (Wildman–Crippen LogP) is 2.09. The maximum absolute atomic E-state index is 12.5. The smallest absolute Gasteiger partial charge is 0.271 e. The number of aromatic nitrogens is 4. The SMILES string of the molecule is CC(C)C(=O)Nc1cc(C(=O)NCCn2ccnc2)nn1-c1ccccc1. The Morgan fingerprint density at radius 3 is 2.63 bits per heavy atom. The van der Waals surface area contributed by atoms with Crippen LogP contribution in [0.4, 0.5) is 5.82 Å². The fourth-order valence-corrected chi connectivity index (χ4v) is 2.43. The van der Waals surface area contributed by atoms with Gasteiger partial charge in [-0.1, -0.05) is 32.0 Å². The van der Waals surface area contributed by atoms with Gasteiger partial charge in [0.05, 0.1) is 12.0 Å². The van der Waals surface area contributed by atoms with Crippen molar-refractivity contribution < 1.29 is 9.59 Å². The maximum Gasteiger partial charge on any atom is 0.271 e. The lowest BCUT2D eigenvalue weighted by Crippen LogP contribution is -2.27. The van der Waals surface area contributed by atoms with Gasteiger partial charge < -0.3 is 15.2 Å². The standard InChI is InChI=1S/C19H22N6O2/c1-14(2)18(26)22-17-12-16(23-25(17)15-6-4-3-5-7-15)19(27)21-9-11-24-10-8-20-13-24/h3-8,10,12-14H,9,11H2,1-2H3,(H,21,27)(H,22,26). The molecule has 2 amide bonds. The number of rotatable bonds is 7. The van der Waals surface area contributed by atoms with E-state index >= 15 is 0 Å². The largest absolute Gasteiger partial charge is 0.349 e. The number of para-hydroxylation sites is 1. The van der Waals surface area contributed by atoms with Crippen molar-refractivity contribution in [2.45, 2.75) is 20.4 Å². The van der Waals surface area contributed by atoms with E-state index in [1.165, 1.54) is 0 Å². The molecule has 1 aromatic carbocycles. The second-order valence-electron chi connectivity index (χ2n) is 6.36. The first-order valence-corrected chi connectivity index (χ1v) is 8.75. The number of anilines is 1. The highest BCUT2D eigenvalue weighted by Crippen LogP contribution is 2.18. The van der Waals surface area contributed by atoms with Gasteiger partial charge in [-0.3, -0.25) is 9.59 Å². The van der Waals surface area contributed by atoms with Crippen LogP contribution in [-0.4, -0.2) is 37.7 Å². The third-order valence-corrected chi connectivity index (χ3v) is 3.93. The zero-order chi connectivity index (χ0) is 19.2. The molecule has 0 aliphatic rings. The molecule has 3 aromatic rings. The van der Waals surface area contributed by atoms with Crippen molar-refractivity contribution in [1.29, 1.82) is 0 Å². The maximum atomic E-state index is 12.5. The van der Waals surface area contributed by atoms with E-state index in [0.717, 1.165) is 5.69 Å². The Labute approximate surface area is 157 Å². The van der Waals surface area contributed by atoms with E-state index in [1.807, 2.05) is 54.9 Å². The van der Waals surface area contributed by atoms with Gasteiger partial charge in [-0.05, 0) is 12.1 Å². The van der Waals surface area contributed by atoms with Crippen LogP contribution in [0.1, 0.15) is 24.3 Å². The highest BCUT2D eigenvalue weighted by molar-refractivity contribution is 5.96. The summed E-state index contributed by atoms with van der Waals surface area (Å²) in [6, 6.07) is 10.9. The number of hydrogen-bond donors (Lipinski definition) is 2. The number of nitrogens with zero attached hydrogens (tertiary/aromatic N) is 4. The summed E-state index contributed by atoms with van der Waals surface area (Å²) in [4.78, 5) is 28.5. The number of amides is 2. The minimum atomic E-state index is -0.301. The van der Waals surface area contributed by atoms with E-state index in [1.54, 1.807) is 23.3 Å². The van der Waals surface area contributed by atoms with Crippen LogP contribution in [-0.2, 0) is 11.3 Å². The Morgan fingerprint density at radius 1 is 1.19 bits per heavy atom. The third kappa shape index (κ3) is 4.60. The van der Waals surface area contributed by atoms with Gasteiger partial charge in [0.15, 0.2) is 5.69 Å². The topological polar surface area (TPSA) is 93.8 Å². The van der Waals surface area contributed by atoms with Crippen molar-refractivity contribution in [3.05, 3.63) is 60.8 Å². The molecule has 0 radical (unpaired) electrons. The molecule has 0 saturated heterocycles. The number of benzene rings is 1. The highest BCUT2D eigenvalue weighted by Gasteiger charge is 2.18. The predicted molar refractivity (Wildman–Crippen MR) is 102 cm³/mol. The van der Waals surface area contributed by atoms with Crippen molar-refractivity contribution in [3.63, 3.8) is 0 Å². The zero-order valence-corrected chi connectivity index (χ0v) is 15.3. The van der Waals surface area contributed by atoms with Crippen LogP contribution in [0.2, 0.25) is 0 Å². The minimum Gasteiger partial charge on any atom is -0.349 e. The van der Waals surface area contributed by atoms with Crippen molar-refractivity contribution in [1.82, 2.24) is 24.6 Å². The fraction of sp³-hybridized carbons (Fsp3) is 0.263. The lowest BCUT2D eigenvalue weighted by molar-refractivity contribution is -0.118. The van der Waals surface area contributed by atoms with Crippen LogP contribution >= 0.6 is 0 Å². The molecule has 0 unspecified atom stereocenters. The van der Waals surface area contributed by atoms with Gasteiger partial charge in [-0.2, -0.15) is 5.10 Å². The normalized spacial score (nSPS) is 10.8. The summed E-state index contributed by atoms with van der Waals surface area (Å²) in [7, 11) is 0. The van der Waals surface area contributed by atoms with Crippen molar-refractivity contribution >= 4 is 17.6 Å². The van der Waals surface area contributed by atoms with Crippen molar-refractivity contribution in [2.24, 2.45) is 5.92 Å². The minimum absolute atomic E-state index is 0.140. The quantitative estimate of drug-likeness (QED) is 0.669. The van der Waals surface area contributed by atoms with Gasteiger partial charge >= 0.3 is 0 Å². The third-order valence-electron chi connectivity index (χ3n) is 3.93. The molecule has 2 N–H and O–H groups in total. The summed E-state index contributed by atoms with van der Waals surface area (Å²) in [6.07, 6.45) is 5.21. The molecule has 8 heteroatoms. The Morgan fingerprint density at radius 2 is 1.96 bits per heavy atom. The number of carbonyl (C=O) groups is 2. The molecule has 3 rings (SSSR count). The van der Waals surface area contributed by atoms with Gasteiger partial charge in [-0.15, -0.1) is 0 Å². The Hall–Kier alpha value is -3.42. The van der Waals surface area contributed by atoms with E-state index < -0.39 is 0 Å². The van der Waals surface area contributed by atoms with Crippen LogP contribution in [0.5, 0.6) is 0 Å². The van der Waals surface area contributed by atoms with Crippen LogP contribution in [0.25, 0.3) is 5.69 Å². The molecular formula is C19H22N6O2. The zero-order valence-electron chi connectivity index (χ0n) is 15.3. The molecule has 8 nitrogen and oxygen atoms in total. The number of hydrogen-bond acceptors (Lipinski definition) is 4. The molecule has 27 heavy (non-hydrogen) atoms. The second kappa shape index (κ2) is 8.31. The summed E-state index contributed by atoms with van der Waals surface area (Å²) in [6.45, 7) is 4.67. The van der Waals surface area contributed by atoms with Gasteiger partial charge in [0, 0.05) is 37.5 Å². The monoisotopic (exact) mass is 366 g/mol. The van der Waals surface area contributed by atoms with Gasteiger partial charge in [0.25, 0.3) is 5.91 Å². The molecule has 0 aliphatic carbocycles. The molecule has 0 spiro atoms. The Balaban J connectivity index is 1.77. The summed E-state index contributed by atoms with van der Waals surface area (Å²) in [5.74, 6) is -0.166. The molecule has 0 atom stereocenters. The molecule has 2 aromatic heterocycles. The summed E-state index contributed by atoms with van der Waals surface area (Å²) in [5, 5.41) is 10.0. The van der Waals surface area contributed by atoms with Crippen LogP contribution in [0.15, 0.2) is 55.1 Å². The van der Waals surface area contributed by atoms with Gasteiger partial charge in [-0.25, -0.2) is 9.67 Å². The average molecular weight is 366 g/mol. The molecule has 0 saturated carbocycles. The summed E-state index contributed by atoms with van der Waals surface area (Å²) < 4.78 is 3.43. The number of nitrogens with one attached hydrogen (secondary N) is 2. The molecule has 2 heterocycles. The van der Waals surface area contributed by atoms with E-state index in [9.17, 15) is 9.59 Å². The Kier molecular flexibility index (Phi) is 5.65. The van der Waals surface area contributed by atoms with E-state index in [2.05, 4.69) is 20.7 Å². The lowest BCUT2D eigenvalue weighted by atomic mass is 10.2. The van der Waals surface area contributed by atoms with E-state index in [-0.39, 0.29) is 23.4 Å². The van der Waals surface area contributed by atoms with Crippen LogP contribution < -0.4 is 10.6 Å². The van der Waals surface area contributed by atoms with Crippen molar-refractivity contribution in [3.8, 4) is 5.69 Å². The molecule has 0 fully saturated rings. The molecule has 140 valence electrons. The van der Waals surface area contributed by atoms with E-state index in [4.69, 9.17) is 0 Å². The number of carbonyl (C=O) groups excluding carboxylic acids is 2. The molecule has 0 bridgehead atoms. The van der Waals surface area contributed by atoms with E-state index in [0.29, 0.717) is 18.9 Å². The molecule has 0 aliphatic heterocycles. The van der Waals surface area contributed by atoms with Crippen LogP contribution in [0, 0.1) is 5.92 Å². The first-order valence-electron chi connectivity index (χ1n) is 8.75. The summed E-state index contributed by atoms with van der Waals surface area (Å²) >= 11 is 0. The van der Waals surface area contributed by atoms with Crippen LogP contribution in [0.3, 0.4) is 0 Å². The lowest BCUT2D eigenvalue weighted by Gasteiger charge is -2.10. The summed E-state index contributed by atoms with van der Waals surface area (Å²) in [5.41, 5.74) is 0.998. The van der Waals surface area contributed by atoms with Gasteiger partial charge in [0.1, 0.15) is 5.82 Å². The fourth-order valence-electron chi connectivity index (χ4n) is 2.43. The second-order valence-corrected chi connectivity index (χ2v) is 6.36. The first kappa shape index (κ1) is 18.4.